The summed E-state index contributed by atoms with van der Waals surface area (Å²) in [4.78, 5) is 28.0. The number of aliphatic hydroxyl groups excluding tert-OH is 1. The predicted molar refractivity (Wildman–Crippen MR) is 110 cm³/mol. The molecule has 1 aromatic heterocycles. The Balaban J connectivity index is 2.36. The number of fused-ring (bicyclic) bond motifs is 1. The molecule has 0 aliphatic heterocycles. The van der Waals surface area contributed by atoms with Gasteiger partial charge in [0.1, 0.15) is 18.4 Å². The summed E-state index contributed by atoms with van der Waals surface area (Å²) >= 11 is 0.691. The summed E-state index contributed by atoms with van der Waals surface area (Å²) in [6, 6.07) is 2.54. The van der Waals surface area contributed by atoms with E-state index in [1.54, 1.807) is 0 Å². The van der Waals surface area contributed by atoms with Crippen LogP contribution in [0.5, 0.6) is 0 Å². The van der Waals surface area contributed by atoms with Crippen LogP contribution in [0.25, 0.3) is 22.0 Å². The lowest BCUT2D eigenvalue weighted by molar-refractivity contribution is -0.137. The lowest BCUT2D eigenvalue weighted by atomic mass is 9.96. The van der Waals surface area contributed by atoms with E-state index in [9.17, 15) is 36.6 Å². The van der Waals surface area contributed by atoms with Gasteiger partial charge in [0.05, 0.1) is 29.2 Å². The smallest absolute Gasteiger partial charge is 0.394 e. The highest BCUT2D eigenvalue weighted by molar-refractivity contribution is 7.99. The molecule has 0 saturated heterocycles. The summed E-state index contributed by atoms with van der Waals surface area (Å²) in [5.41, 5.74) is -4.99. The summed E-state index contributed by atoms with van der Waals surface area (Å²) < 4.78 is 80.1. The Morgan fingerprint density at radius 1 is 1.15 bits per heavy atom. The molecular formula is C20H17F5N2O5S. The minimum Gasteiger partial charge on any atom is -0.394 e. The van der Waals surface area contributed by atoms with E-state index in [4.69, 9.17) is 9.47 Å². The molecule has 0 aliphatic carbocycles. The number of nitrogens with one attached hydrogen (secondary N) is 2. The number of rotatable bonds is 8. The highest BCUT2D eigenvalue weighted by atomic mass is 32.2. The Bertz CT molecular complexity index is 1270. The fourth-order valence-electron chi connectivity index (χ4n) is 3.10. The van der Waals surface area contributed by atoms with Gasteiger partial charge in [-0.3, -0.25) is 9.78 Å². The van der Waals surface area contributed by atoms with Gasteiger partial charge in [0.15, 0.2) is 0 Å². The summed E-state index contributed by atoms with van der Waals surface area (Å²) in [7, 11) is 1.33. The number of aromatic amines is 2. The number of H-pyrrole nitrogens is 2. The second-order valence-electron chi connectivity index (χ2n) is 6.77. The van der Waals surface area contributed by atoms with Crippen molar-refractivity contribution in [3.8, 4) is 11.1 Å². The molecule has 0 bridgehead atoms. The fourth-order valence-corrected chi connectivity index (χ4v) is 4.32. The number of halogens is 5. The van der Waals surface area contributed by atoms with Crippen molar-refractivity contribution in [1.82, 2.24) is 9.97 Å². The van der Waals surface area contributed by atoms with Crippen molar-refractivity contribution >= 4 is 22.7 Å². The Labute approximate surface area is 186 Å². The lowest BCUT2D eigenvalue weighted by Crippen LogP contribution is -2.24. The van der Waals surface area contributed by atoms with Gasteiger partial charge in [-0.25, -0.2) is 13.6 Å². The molecule has 0 saturated carbocycles. The zero-order valence-electron chi connectivity index (χ0n) is 16.9. The molecule has 0 unspecified atom stereocenters. The van der Waals surface area contributed by atoms with Gasteiger partial charge >= 0.3 is 11.9 Å². The highest BCUT2D eigenvalue weighted by Crippen LogP contribution is 2.45. The van der Waals surface area contributed by atoms with Gasteiger partial charge in [0.25, 0.3) is 5.56 Å². The van der Waals surface area contributed by atoms with Gasteiger partial charge in [-0.2, -0.15) is 13.2 Å². The number of methoxy groups -OCH3 is 1. The number of ether oxygens (including phenoxy) is 2. The second kappa shape index (κ2) is 10.0. The molecule has 178 valence electrons. The van der Waals surface area contributed by atoms with Crippen LogP contribution in [-0.2, 0) is 15.7 Å². The molecule has 0 spiro atoms. The Kier molecular flexibility index (Phi) is 7.57. The molecule has 3 aromatic rings. The first-order chi connectivity index (χ1) is 15.6. The second-order valence-corrected chi connectivity index (χ2v) is 7.80. The van der Waals surface area contributed by atoms with E-state index in [1.807, 2.05) is 4.98 Å². The molecule has 0 radical (unpaired) electrons. The zero-order chi connectivity index (χ0) is 24.3. The van der Waals surface area contributed by atoms with E-state index < -0.39 is 63.8 Å². The van der Waals surface area contributed by atoms with Crippen molar-refractivity contribution in [2.24, 2.45) is 0 Å². The predicted octanol–water partition coefficient (Wildman–Crippen LogP) is 3.25. The van der Waals surface area contributed by atoms with Crippen molar-refractivity contribution in [1.29, 1.82) is 0 Å². The van der Waals surface area contributed by atoms with Gasteiger partial charge in [-0.15, -0.1) is 11.8 Å². The number of benzene rings is 2. The fraction of sp³-hybridized carbons (Fsp3) is 0.300. The number of alkyl halides is 3. The largest absolute Gasteiger partial charge is 0.417 e. The SMILES string of the molecule is COCO[C@@H](CO)CSc1c(-c2ccc(F)cc2F)c(C(F)(F)F)cc2c(=O)[nH]c(=O)[nH]c12. The zero-order valence-corrected chi connectivity index (χ0v) is 17.7. The van der Waals surface area contributed by atoms with E-state index in [2.05, 4.69) is 4.98 Å². The van der Waals surface area contributed by atoms with Crippen LogP contribution < -0.4 is 11.2 Å². The average Bonchev–Trinajstić information content (AvgIpc) is 2.73. The molecule has 0 fully saturated rings. The van der Waals surface area contributed by atoms with Gasteiger partial charge in [0.2, 0.25) is 0 Å². The Morgan fingerprint density at radius 3 is 2.48 bits per heavy atom. The van der Waals surface area contributed by atoms with Crippen molar-refractivity contribution in [2.45, 2.75) is 17.2 Å². The van der Waals surface area contributed by atoms with E-state index in [1.165, 1.54) is 7.11 Å². The van der Waals surface area contributed by atoms with E-state index in [-0.39, 0.29) is 23.0 Å². The van der Waals surface area contributed by atoms with Crippen molar-refractivity contribution in [2.75, 3.05) is 26.3 Å². The number of thioether (sulfide) groups is 1. The topological polar surface area (TPSA) is 104 Å². The summed E-state index contributed by atoms with van der Waals surface area (Å²) in [5.74, 6) is -2.43. The highest BCUT2D eigenvalue weighted by Gasteiger charge is 2.37. The van der Waals surface area contributed by atoms with Crippen LogP contribution in [0.2, 0.25) is 0 Å². The summed E-state index contributed by atoms with van der Waals surface area (Å²) in [5, 5.41) is 9.00. The van der Waals surface area contributed by atoms with E-state index >= 15 is 0 Å². The van der Waals surface area contributed by atoms with Crippen LogP contribution in [0.15, 0.2) is 38.8 Å². The van der Waals surface area contributed by atoms with Gasteiger partial charge in [-0.1, -0.05) is 0 Å². The number of aromatic nitrogens is 2. The van der Waals surface area contributed by atoms with Gasteiger partial charge < -0.3 is 19.6 Å². The standard InChI is InChI=1S/C20H17F5N2O5S/c1-31-8-32-10(6-28)7-33-17-15(11-3-2-9(21)4-14(11)22)13(20(23,24)25)5-12-16(17)26-19(30)27-18(12)29/h2-5,10,28H,6-8H2,1H3,(H2,26,27,29,30)/t10-/m0/s1. The Hall–Kier alpha value is -2.74. The molecule has 1 heterocycles. The third-order valence-corrected chi connectivity index (χ3v) is 5.77. The third-order valence-electron chi connectivity index (χ3n) is 4.54. The monoisotopic (exact) mass is 492 g/mol. The average molecular weight is 492 g/mol. The maximum absolute atomic E-state index is 14.6. The van der Waals surface area contributed by atoms with Crippen LogP contribution in [0, 0.1) is 11.6 Å². The summed E-state index contributed by atoms with van der Waals surface area (Å²) in [6.45, 7) is -0.740. The first-order valence-corrected chi connectivity index (χ1v) is 10.3. The minimum absolute atomic E-state index is 0.152. The molecule has 13 heteroatoms. The molecule has 2 aromatic carbocycles. The molecule has 3 N–H and O–H groups in total. The molecular weight excluding hydrogens is 475 g/mol. The maximum atomic E-state index is 14.6. The van der Waals surface area contributed by atoms with Crippen LogP contribution in [0.4, 0.5) is 22.0 Å². The molecule has 0 aliphatic rings. The van der Waals surface area contributed by atoms with Gasteiger partial charge in [0, 0.05) is 35.0 Å². The van der Waals surface area contributed by atoms with Crippen molar-refractivity contribution in [3.63, 3.8) is 0 Å². The Morgan fingerprint density at radius 2 is 1.88 bits per heavy atom. The first kappa shape index (κ1) is 24.9. The molecule has 0 amide bonds. The number of hydrogen-bond acceptors (Lipinski definition) is 6. The minimum atomic E-state index is -5.04. The molecule has 33 heavy (non-hydrogen) atoms. The number of aliphatic hydroxyl groups is 1. The van der Waals surface area contributed by atoms with Crippen LogP contribution in [-0.4, -0.2) is 47.4 Å². The molecule has 7 nitrogen and oxygen atoms in total. The normalized spacial score (nSPS) is 12.9. The lowest BCUT2D eigenvalue weighted by Gasteiger charge is -2.21. The van der Waals surface area contributed by atoms with Crippen LogP contribution in [0.3, 0.4) is 0 Å². The number of hydrogen-bond donors (Lipinski definition) is 3. The summed E-state index contributed by atoms with van der Waals surface area (Å²) in [6.07, 6.45) is -5.94. The van der Waals surface area contributed by atoms with E-state index in [0.717, 1.165) is 12.1 Å². The first-order valence-electron chi connectivity index (χ1n) is 9.27. The molecule has 1 atom stereocenters. The third kappa shape index (κ3) is 5.43. The van der Waals surface area contributed by atoms with Crippen molar-refractivity contribution < 1.29 is 36.5 Å². The quantitative estimate of drug-likeness (QED) is 0.253. The van der Waals surface area contributed by atoms with E-state index in [0.29, 0.717) is 23.9 Å². The van der Waals surface area contributed by atoms with Crippen LogP contribution >= 0.6 is 11.8 Å². The maximum Gasteiger partial charge on any atom is 0.417 e. The van der Waals surface area contributed by atoms with Crippen LogP contribution in [0.1, 0.15) is 5.56 Å². The van der Waals surface area contributed by atoms with Crippen molar-refractivity contribution in [3.05, 3.63) is 62.3 Å². The molecule has 3 rings (SSSR count). The van der Waals surface area contributed by atoms with Gasteiger partial charge in [-0.05, 0) is 18.2 Å².